The van der Waals surface area contributed by atoms with E-state index >= 15 is 0 Å². The maximum absolute atomic E-state index is 13.6. The number of aromatic nitrogens is 5. The van der Waals surface area contributed by atoms with Gasteiger partial charge in [0.2, 0.25) is 5.88 Å². The van der Waals surface area contributed by atoms with E-state index in [1.807, 2.05) is 0 Å². The zero-order valence-electron chi connectivity index (χ0n) is 16.0. The summed E-state index contributed by atoms with van der Waals surface area (Å²) >= 11 is 0. The maximum atomic E-state index is 13.6. The number of halogens is 1. The minimum atomic E-state index is -0.512. The lowest BCUT2D eigenvalue weighted by Gasteiger charge is -2.08. The molecule has 1 aliphatic rings. The molecule has 10 heteroatoms. The molecule has 0 unspecified atom stereocenters. The lowest BCUT2D eigenvalue weighted by atomic mass is 10.2. The van der Waals surface area contributed by atoms with Crippen LogP contribution in [0.1, 0.15) is 24.1 Å². The Bertz CT molecular complexity index is 1450. The zero-order valence-corrected chi connectivity index (χ0v) is 16.0. The van der Waals surface area contributed by atoms with Crippen molar-refractivity contribution in [2.75, 3.05) is 5.32 Å². The number of nitrogens with one attached hydrogen (secondary N) is 3. The minimum Gasteiger partial charge on any atom is -0.493 e. The van der Waals surface area contributed by atoms with E-state index in [0.717, 1.165) is 12.8 Å². The third-order valence-corrected chi connectivity index (χ3v) is 4.81. The van der Waals surface area contributed by atoms with Crippen LogP contribution in [-0.2, 0) is 0 Å². The molecule has 30 heavy (non-hydrogen) atoms. The first-order valence-electron chi connectivity index (χ1n) is 9.45. The summed E-state index contributed by atoms with van der Waals surface area (Å²) in [6.45, 7) is 1.69. The average molecular weight is 407 g/mol. The van der Waals surface area contributed by atoms with Crippen LogP contribution in [0.15, 0.2) is 40.2 Å². The first-order valence-corrected chi connectivity index (χ1v) is 9.45. The SMILES string of the molecule is Cc1cc(Nc2cc(=NC3CC3)n3nc/c(=C\c4[nH]c(=O)[nH]c4O)c3n2)ccc1F. The van der Waals surface area contributed by atoms with Crippen molar-refractivity contribution in [3.8, 4) is 5.88 Å². The second kappa shape index (κ2) is 6.83. The first kappa shape index (κ1) is 18.1. The van der Waals surface area contributed by atoms with Crippen LogP contribution in [-0.4, -0.2) is 35.7 Å². The van der Waals surface area contributed by atoms with Gasteiger partial charge < -0.3 is 15.4 Å². The number of imidazole rings is 1. The Balaban J connectivity index is 1.67. The second-order valence-corrected chi connectivity index (χ2v) is 7.27. The molecule has 0 bridgehead atoms. The van der Waals surface area contributed by atoms with Gasteiger partial charge in [0, 0.05) is 17.0 Å². The van der Waals surface area contributed by atoms with E-state index in [2.05, 4.69) is 25.4 Å². The Morgan fingerprint density at radius 2 is 2.17 bits per heavy atom. The van der Waals surface area contributed by atoms with Crippen molar-refractivity contribution in [1.29, 1.82) is 0 Å². The molecule has 0 saturated heterocycles. The number of rotatable bonds is 4. The maximum Gasteiger partial charge on any atom is 0.326 e. The quantitative estimate of drug-likeness (QED) is 0.405. The highest BCUT2D eigenvalue weighted by Gasteiger charge is 2.20. The van der Waals surface area contributed by atoms with E-state index in [4.69, 9.17) is 4.99 Å². The molecule has 0 amide bonds. The molecule has 152 valence electrons. The van der Waals surface area contributed by atoms with Crippen molar-refractivity contribution in [2.45, 2.75) is 25.8 Å². The fourth-order valence-electron chi connectivity index (χ4n) is 3.13. The Hall–Kier alpha value is -3.95. The number of benzene rings is 1. The van der Waals surface area contributed by atoms with Crippen LogP contribution in [0.25, 0.3) is 11.7 Å². The molecule has 3 heterocycles. The molecule has 1 fully saturated rings. The van der Waals surface area contributed by atoms with E-state index < -0.39 is 5.69 Å². The van der Waals surface area contributed by atoms with Crippen molar-refractivity contribution >= 4 is 23.2 Å². The number of aromatic hydroxyl groups is 1. The van der Waals surface area contributed by atoms with E-state index in [0.29, 0.717) is 33.4 Å². The minimum absolute atomic E-state index is 0.227. The topological polar surface area (TPSA) is 123 Å². The molecule has 4 N–H and O–H groups in total. The smallest absolute Gasteiger partial charge is 0.326 e. The highest BCUT2D eigenvalue weighted by atomic mass is 19.1. The van der Waals surface area contributed by atoms with Gasteiger partial charge in [-0.15, -0.1) is 0 Å². The van der Waals surface area contributed by atoms with Crippen LogP contribution in [0, 0.1) is 12.7 Å². The summed E-state index contributed by atoms with van der Waals surface area (Å²) in [6, 6.07) is 6.78. The lowest BCUT2D eigenvalue weighted by Crippen LogP contribution is -2.19. The molecule has 1 saturated carbocycles. The van der Waals surface area contributed by atoms with E-state index in [1.54, 1.807) is 41.9 Å². The van der Waals surface area contributed by atoms with Gasteiger partial charge in [0.1, 0.15) is 17.3 Å². The molecule has 9 nitrogen and oxygen atoms in total. The van der Waals surface area contributed by atoms with Gasteiger partial charge >= 0.3 is 5.69 Å². The van der Waals surface area contributed by atoms with Gasteiger partial charge in [-0.25, -0.2) is 14.2 Å². The summed E-state index contributed by atoms with van der Waals surface area (Å²) < 4.78 is 15.2. The predicted molar refractivity (Wildman–Crippen MR) is 108 cm³/mol. The monoisotopic (exact) mass is 407 g/mol. The summed E-state index contributed by atoms with van der Waals surface area (Å²) in [5.41, 5.74) is 2.07. The fraction of sp³-hybridized carbons (Fsp3) is 0.200. The van der Waals surface area contributed by atoms with Gasteiger partial charge in [0.25, 0.3) is 0 Å². The molecule has 0 atom stereocenters. The molecule has 1 aliphatic carbocycles. The Kier molecular flexibility index (Phi) is 4.12. The number of H-pyrrole nitrogens is 2. The molecular formula is C20H18FN7O2. The largest absolute Gasteiger partial charge is 0.493 e. The number of aryl methyl sites for hydroxylation is 1. The standard InChI is InChI=1S/C20H18FN7O2/c1-10-6-13(4-5-14(10)21)23-16-8-17(24-12-2-3-12)28-18(26-16)11(9-22-28)7-15-19(29)27-20(30)25-15/h4-9,12,23,29H,2-3H2,1H3,(H2,25,27,30)/b11-7+,24-17?. The van der Waals surface area contributed by atoms with Gasteiger partial charge in [-0.3, -0.25) is 9.98 Å². The number of hydrogen-bond acceptors (Lipinski definition) is 6. The molecule has 4 aromatic rings. The normalized spacial score (nSPS) is 15.3. The number of aromatic amines is 2. The molecule has 3 aromatic heterocycles. The van der Waals surface area contributed by atoms with Crippen molar-refractivity contribution in [1.82, 2.24) is 24.6 Å². The summed E-state index contributed by atoms with van der Waals surface area (Å²) in [5, 5.41) is 18.0. The van der Waals surface area contributed by atoms with Crippen LogP contribution in [0.2, 0.25) is 0 Å². The van der Waals surface area contributed by atoms with Gasteiger partial charge in [-0.1, -0.05) is 0 Å². The highest BCUT2D eigenvalue weighted by Crippen LogP contribution is 2.23. The predicted octanol–water partition coefficient (Wildman–Crippen LogP) is 1.25. The van der Waals surface area contributed by atoms with Gasteiger partial charge in [-0.05, 0) is 49.6 Å². The zero-order chi connectivity index (χ0) is 20.8. The molecule has 0 spiro atoms. The van der Waals surface area contributed by atoms with Crippen LogP contribution >= 0.6 is 0 Å². The molecule has 0 radical (unpaired) electrons. The summed E-state index contributed by atoms with van der Waals surface area (Å²) in [4.78, 5) is 25.5. The van der Waals surface area contributed by atoms with Crippen molar-refractivity contribution < 1.29 is 9.50 Å². The molecule has 5 rings (SSSR count). The van der Waals surface area contributed by atoms with Crippen molar-refractivity contribution in [3.63, 3.8) is 0 Å². The number of hydrogen-bond donors (Lipinski definition) is 4. The average Bonchev–Trinajstić information content (AvgIpc) is 3.34. The summed E-state index contributed by atoms with van der Waals surface area (Å²) in [5.74, 6) is -0.0190. The van der Waals surface area contributed by atoms with E-state index in [9.17, 15) is 14.3 Å². The van der Waals surface area contributed by atoms with E-state index in [1.165, 1.54) is 6.07 Å². The third kappa shape index (κ3) is 3.43. The Morgan fingerprint density at radius 1 is 1.33 bits per heavy atom. The number of nitrogens with zero attached hydrogens (tertiary/aromatic N) is 4. The van der Waals surface area contributed by atoms with Gasteiger partial charge in [0.15, 0.2) is 11.1 Å². The van der Waals surface area contributed by atoms with Crippen LogP contribution < -0.4 is 21.7 Å². The van der Waals surface area contributed by atoms with Crippen LogP contribution in [0.4, 0.5) is 15.9 Å². The molecule has 0 aliphatic heterocycles. The molecule has 1 aromatic carbocycles. The lowest BCUT2D eigenvalue weighted by molar-refractivity contribution is 0.454. The van der Waals surface area contributed by atoms with Crippen molar-refractivity contribution in [2.24, 2.45) is 4.99 Å². The van der Waals surface area contributed by atoms with Gasteiger partial charge in [0.05, 0.1) is 12.2 Å². The van der Waals surface area contributed by atoms with Crippen LogP contribution in [0.5, 0.6) is 5.88 Å². The highest BCUT2D eigenvalue weighted by molar-refractivity contribution is 5.61. The Labute approximate surface area is 168 Å². The van der Waals surface area contributed by atoms with Gasteiger partial charge in [-0.2, -0.15) is 9.61 Å². The fourth-order valence-corrected chi connectivity index (χ4v) is 3.13. The second-order valence-electron chi connectivity index (χ2n) is 7.27. The Morgan fingerprint density at radius 3 is 2.87 bits per heavy atom. The van der Waals surface area contributed by atoms with E-state index in [-0.39, 0.29) is 23.4 Å². The summed E-state index contributed by atoms with van der Waals surface area (Å²) in [7, 11) is 0. The first-order chi connectivity index (χ1) is 14.5. The summed E-state index contributed by atoms with van der Waals surface area (Å²) in [6.07, 6.45) is 5.23. The van der Waals surface area contributed by atoms with Crippen molar-refractivity contribution in [3.05, 3.63) is 68.7 Å². The van der Waals surface area contributed by atoms with Crippen LogP contribution in [0.3, 0.4) is 0 Å². The number of fused-ring (bicyclic) bond motifs is 1. The third-order valence-electron chi connectivity index (χ3n) is 4.81. The molecular weight excluding hydrogens is 389 g/mol. The number of anilines is 2.